The highest BCUT2D eigenvalue weighted by atomic mass is 35.5. The van der Waals surface area contributed by atoms with E-state index in [1.165, 1.54) is 32.0 Å². The lowest BCUT2D eigenvalue weighted by atomic mass is 9.81. The maximum Gasteiger partial charge on any atom is 0.416 e. The van der Waals surface area contributed by atoms with Crippen molar-refractivity contribution in [3.05, 3.63) is 87.7 Å². The Labute approximate surface area is 217 Å². The molecule has 37 heavy (non-hydrogen) atoms. The van der Waals surface area contributed by atoms with Crippen LogP contribution in [0.25, 0.3) is 5.57 Å². The molecule has 1 aromatic heterocycles. The lowest BCUT2D eigenvalue weighted by Crippen LogP contribution is -2.42. The zero-order valence-corrected chi connectivity index (χ0v) is 21.9. The van der Waals surface area contributed by atoms with Crippen molar-refractivity contribution in [2.45, 2.75) is 52.4 Å². The van der Waals surface area contributed by atoms with Gasteiger partial charge in [-0.15, -0.1) is 0 Å². The fourth-order valence-electron chi connectivity index (χ4n) is 3.66. The standard InChI is InChI=1S/C27H27ClF6N2O/c1-7-9-10-20(16(3)8-2)21-14-23(28)35-15-22(21)36(6)24(37)25(4,5)17-11-18(26(29,30)31)13-19(12-17)27(32,33)34/h7-15H,1-6H3/b9-7-,16-8-,20-10+. The summed E-state index contributed by atoms with van der Waals surface area (Å²) in [5.74, 6) is -0.742. The quantitative estimate of drug-likeness (QED) is 0.207. The number of hydrogen-bond donors (Lipinski definition) is 0. The highest BCUT2D eigenvalue weighted by Crippen LogP contribution is 2.40. The van der Waals surface area contributed by atoms with E-state index in [4.69, 9.17) is 11.6 Å². The van der Waals surface area contributed by atoms with Crippen molar-refractivity contribution < 1.29 is 31.1 Å². The number of anilines is 1. The number of likely N-dealkylation sites (N-methyl/N-ethyl adjacent to an activating group) is 1. The molecule has 0 spiro atoms. The van der Waals surface area contributed by atoms with Crippen molar-refractivity contribution in [3.8, 4) is 0 Å². The first-order valence-corrected chi connectivity index (χ1v) is 11.5. The summed E-state index contributed by atoms with van der Waals surface area (Å²) in [5, 5.41) is 0.141. The van der Waals surface area contributed by atoms with Crippen molar-refractivity contribution in [2.75, 3.05) is 11.9 Å². The molecule has 0 saturated carbocycles. The van der Waals surface area contributed by atoms with Crippen LogP contribution < -0.4 is 4.90 Å². The Hall–Kier alpha value is -3.07. The molecule has 10 heteroatoms. The average molecular weight is 545 g/mol. The van der Waals surface area contributed by atoms with Gasteiger partial charge in [0.15, 0.2) is 0 Å². The van der Waals surface area contributed by atoms with Crippen molar-refractivity contribution in [1.29, 1.82) is 0 Å². The van der Waals surface area contributed by atoms with E-state index in [0.29, 0.717) is 23.3 Å². The van der Waals surface area contributed by atoms with Crippen LogP contribution in [0.2, 0.25) is 5.15 Å². The highest BCUT2D eigenvalue weighted by Gasteiger charge is 2.41. The molecule has 0 fully saturated rings. The third-order valence-corrected chi connectivity index (χ3v) is 6.17. The topological polar surface area (TPSA) is 33.2 Å². The first-order chi connectivity index (χ1) is 16.9. The van der Waals surface area contributed by atoms with Crippen molar-refractivity contribution in [1.82, 2.24) is 4.98 Å². The van der Waals surface area contributed by atoms with Crippen LogP contribution >= 0.6 is 11.6 Å². The molecular weight excluding hydrogens is 518 g/mol. The number of carbonyl (C=O) groups is 1. The third-order valence-electron chi connectivity index (χ3n) is 5.96. The summed E-state index contributed by atoms with van der Waals surface area (Å²) in [7, 11) is 1.38. The van der Waals surface area contributed by atoms with Crippen molar-refractivity contribution in [2.24, 2.45) is 0 Å². The number of allylic oxidation sites excluding steroid dienone is 6. The van der Waals surface area contributed by atoms with E-state index in [-0.39, 0.29) is 16.9 Å². The van der Waals surface area contributed by atoms with Crippen LogP contribution in [0.3, 0.4) is 0 Å². The summed E-state index contributed by atoms with van der Waals surface area (Å²) < 4.78 is 80.6. The lowest BCUT2D eigenvalue weighted by Gasteiger charge is -2.32. The number of pyridine rings is 1. The van der Waals surface area contributed by atoms with Crippen LogP contribution in [0.4, 0.5) is 32.0 Å². The molecule has 0 bridgehead atoms. The number of benzene rings is 1. The summed E-state index contributed by atoms with van der Waals surface area (Å²) in [6.45, 7) is 8.05. The minimum Gasteiger partial charge on any atom is -0.313 e. The molecule has 0 aliphatic heterocycles. The number of aromatic nitrogens is 1. The molecule has 0 N–H and O–H groups in total. The van der Waals surface area contributed by atoms with E-state index >= 15 is 0 Å². The summed E-state index contributed by atoms with van der Waals surface area (Å²) in [4.78, 5) is 18.9. The van der Waals surface area contributed by atoms with E-state index in [9.17, 15) is 31.1 Å². The van der Waals surface area contributed by atoms with E-state index in [2.05, 4.69) is 4.98 Å². The van der Waals surface area contributed by atoms with Gasteiger partial charge in [0.25, 0.3) is 0 Å². The Balaban J connectivity index is 2.71. The van der Waals surface area contributed by atoms with Gasteiger partial charge in [-0.25, -0.2) is 4.98 Å². The number of amides is 1. The Morgan fingerprint density at radius 1 is 0.946 bits per heavy atom. The van der Waals surface area contributed by atoms with Gasteiger partial charge in [-0.1, -0.05) is 35.9 Å². The molecule has 0 aliphatic carbocycles. The zero-order valence-electron chi connectivity index (χ0n) is 21.1. The SMILES string of the molecule is C\C=C/C=C(\C(C)=C/C)c1cc(Cl)ncc1N(C)C(=O)C(C)(C)c1cc(C(F)(F)F)cc(C(F)(F)F)c1. The molecule has 0 unspecified atom stereocenters. The Kier molecular flexibility index (Phi) is 9.07. The van der Waals surface area contributed by atoms with E-state index in [1.54, 1.807) is 24.3 Å². The van der Waals surface area contributed by atoms with Gasteiger partial charge in [-0.2, -0.15) is 26.3 Å². The maximum atomic E-state index is 13.7. The number of nitrogens with zero attached hydrogens (tertiary/aromatic N) is 2. The lowest BCUT2D eigenvalue weighted by molar-refractivity contribution is -0.143. The molecule has 0 saturated heterocycles. The molecule has 0 aliphatic rings. The molecule has 2 aromatic rings. The molecular formula is C27H27ClF6N2O. The van der Waals surface area contributed by atoms with Gasteiger partial charge in [0.1, 0.15) is 5.15 Å². The van der Waals surface area contributed by atoms with Crippen LogP contribution in [-0.4, -0.2) is 17.9 Å². The predicted molar refractivity (Wildman–Crippen MR) is 134 cm³/mol. The van der Waals surface area contributed by atoms with Gasteiger partial charge in [0.05, 0.1) is 28.4 Å². The Morgan fingerprint density at radius 2 is 1.46 bits per heavy atom. The third kappa shape index (κ3) is 6.83. The molecule has 2 rings (SSSR count). The molecule has 0 radical (unpaired) electrons. The van der Waals surface area contributed by atoms with E-state index in [0.717, 1.165) is 5.57 Å². The van der Waals surface area contributed by atoms with Crippen molar-refractivity contribution in [3.63, 3.8) is 0 Å². The number of halogens is 7. The molecule has 1 heterocycles. The normalized spacial score (nSPS) is 13.9. The molecule has 1 amide bonds. The van der Waals surface area contributed by atoms with Crippen LogP contribution in [0.5, 0.6) is 0 Å². The van der Waals surface area contributed by atoms with Gasteiger partial charge in [-0.3, -0.25) is 4.79 Å². The molecule has 3 nitrogen and oxygen atoms in total. The smallest absolute Gasteiger partial charge is 0.313 e. The highest BCUT2D eigenvalue weighted by molar-refractivity contribution is 6.29. The predicted octanol–water partition coefficient (Wildman–Crippen LogP) is 8.64. The number of alkyl halides is 6. The largest absolute Gasteiger partial charge is 0.416 e. The van der Waals surface area contributed by atoms with Crippen LogP contribution in [0.1, 0.15) is 56.9 Å². The Morgan fingerprint density at radius 3 is 1.92 bits per heavy atom. The summed E-state index contributed by atoms with van der Waals surface area (Å²) in [5.41, 5.74) is -2.84. The molecule has 1 aromatic carbocycles. The van der Waals surface area contributed by atoms with Crippen LogP contribution in [0, 0.1) is 0 Å². The number of rotatable bonds is 6. The van der Waals surface area contributed by atoms with Gasteiger partial charge >= 0.3 is 12.4 Å². The van der Waals surface area contributed by atoms with E-state index < -0.39 is 40.4 Å². The van der Waals surface area contributed by atoms with Gasteiger partial charge in [0.2, 0.25) is 5.91 Å². The molecule has 200 valence electrons. The Bertz CT molecular complexity index is 1220. The monoisotopic (exact) mass is 544 g/mol. The number of hydrogen-bond acceptors (Lipinski definition) is 2. The minimum absolute atomic E-state index is 0.0349. The zero-order chi connectivity index (χ0) is 28.3. The van der Waals surface area contributed by atoms with Gasteiger partial charge in [-0.05, 0) is 75.6 Å². The second-order valence-electron chi connectivity index (χ2n) is 8.89. The van der Waals surface area contributed by atoms with Crippen LogP contribution in [0.15, 0.2) is 60.3 Å². The van der Waals surface area contributed by atoms with Crippen LogP contribution in [-0.2, 0) is 22.6 Å². The summed E-state index contributed by atoms with van der Waals surface area (Å²) in [6.07, 6.45) is -1.50. The van der Waals surface area contributed by atoms with Gasteiger partial charge in [0, 0.05) is 12.6 Å². The number of carbonyl (C=O) groups excluding carboxylic acids is 1. The molecule has 0 atom stereocenters. The first-order valence-electron chi connectivity index (χ1n) is 11.2. The van der Waals surface area contributed by atoms with Gasteiger partial charge < -0.3 is 4.90 Å². The fourth-order valence-corrected chi connectivity index (χ4v) is 3.81. The maximum absolute atomic E-state index is 13.7. The van der Waals surface area contributed by atoms with E-state index in [1.807, 2.05) is 26.8 Å². The fraction of sp³-hybridized carbons (Fsp3) is 0.333. The second-order valence-corrected chi connectivity index (χ2v) is 9.27. The minimum atomic E-state index is -5.04. The average Bonchev–Trinajstić information content (AvgIpc) is 2.81. The summed E-state index contributed by atoms with van der Waals surface area (Å²) >= 11 is 6.14. The first kappa shape index (κ1) is 30.2. The second kappa shape index (κ2) is 11.1. The van der Waals surface area contributed by atoms with Crippen molar-refractivity contribution >= 4 is 28.8 Å². The summed E-state index contributed by atoms with van der Waals surface area (Å²) in [6, 6.07) is 2.72.